The van der Waals surface area contributed by atoms with Gasteiger partial charge in [0.05, 0.1) is 5.75 Å². The van der Waals surface area contributed by atoms with Gasteiger partial charge >= 0.3 is 0 Å². The van der Waals surface area contributed by atoms with Gasteiger partial charge in [0.2, 0.25) is 5.91 Å². The molecule has 0 radical (unpaired) electrons. The summed E-state index contributed by atoms with van der Waals surface area (Å²) in [4.78, 5) is 16.1. The molecule has 3 rings (SSSR count). The third kappa shape index (κ3) is 5.86. The van der Waals surface area contributed by atoms with E-state index in [0.717, 1.165) is 18.0 Å². The first-order valence-electron chi connectivity index (χ1n) is 9.40. The van der Waals surface area contributed by atoms with Gasteiger partial charge in [-0.25, -0.2) is 0 Å². The van der Waals surface area contributed by atoms with E-state index in [0.29, 0.717) is 11.8 Å². The van der Waals surface area contributed by atoms with Crippen LogP contribution in [-0.4, -0.2) is 29.6 Å². The summed E-state index contributed by atoms with van der Waals surface area (Å²) in [5.74, 6) is 1.47. The van der Waals surface area contributed by atoms with E-state index in [1.807, 2.05) is 12.1 Å². The molecule has 1 aliphatic rings. The lowest BCUT2D eigenvalue weighted by molar-refractivity contribution is -0.113. The van der Waals surface area contributed by atoms with Gasteiger partial charge in [0, 0.05) is 28.9 Å². The van der Waals surface area contributed by atoms with E-state index in [1.54, 1.807) is 23.1 Å². The number of amides is 1. The Hall–Kier alpha value is -1.30. The fourth-order valence-corrected chi connectivity index (χ4v) is 5.19. The maximum absolute atomic E-state index is 12.3. The molecule has 1 saturated carbocycles. The van der Waals surface area contributed by atoms with Crippen LogP contribution in [0, 0.1) is 0 Å². The van der Waals surface area contributed by atoms with Crippen molar-refractivity contribution >= 4 is 34.7 Å². The lowest BCUT2D eigenvalue weighted by Gasteiger charge is -2.31. The second kappa shape index (κ2) is 10.1. The van der Waals surface area contributed by atoms with Crippen molar-refractivity contribution in [2.75, 3.05) is 18.1 Å². The van der Waals surface area contributed by atoms with E-state index in [9.17, 15) is 4.79 Å². The molecular formula is C21H28N2OS2. The molecule has 5 heteroatoms. The standard InChI is InChI=1S/C21H28N2OS2/c1-23(18-9-3-2-4-10-18)14-17-8-5-6-12-20(17)22-21(24)16-25-15-19-11-7-13-26-19/h5-8,11-13,18H,2-4,9-10,14-16H2,1H3,(H,22,24). The van der Waals surface area contributed by atoms with Crippen LogP contribution in [0.15, 0.2) is 41.8 Å². The third-order valence-electron chi connectivity index (χ3n) is 4.97. The number of benzene rings is 1. The van der Waals surface area contributed by atoms with E-state index in [-0.39, 0.29) is 5.91 Å². The molecule has 140 valence electrons. The maximum Gasteiger partial charge on any atom is 0.234 e. The molecule has 1 aromatic heterocycles. The Morgan fingerprint density at radius 2 is 2.00 bits per heavy atom. The average molecular weight is 389 g/mol. The van der Waals surface area contributed by atoms with Crippen LogP contribution in [0.4, 0.5) is 5.69 Å². The predicted molar refractivity (Wildman–Crippen MR) is 114 cm³/mol. The van der Waals surface area contributed by atoms with E-state index < -0.39 is 0 Å². The first kappa shape index (κ1) is 19.5. The molecule has 1 N–H and O–H groups in total. The van der Waals surface area contributed by atoms with Crippen molar-refractivity contribution in [2.45, 2.75) is 50.4 Å². The molecule has 0 aliphatic heterocycles. The summed E-state index contributed by atoms with van der Waals surface area (Å²) in [6.45, 7) is 0.892. The lowest BCUT2D eigenvalue weighted by atomic mass is 9.94. The Morgan fingerprint density at radius 3 is 2.77 bits per heavy atom. The first-order chi connectivity index (χ1) is 12.7. The molecule has 0 bridgehead atoms. The molecule has 1 heterocycles. The number of thioether (sulfide) groups is 1. The molecule has 2 aromatic rings. The highest BCUT2D eigenvalue weighted by atomic mass is 32.2. The van der Waals surface area contributed by atoms with Gasteiger partial charge in [0.1, 0.15) is 0 Å². The molecule has 1 fully saturated rings. The molecule has 0 saturated heterocycles. The number of thiophene rings is 1. The monoisotopic (exact) mass is 388 g/mol. The summed E-state index contributed by atoms with van der Waals surface area (Å²) in [5.41, 5.74) is 2.16. The molecule has 26 heavy (non-hydrogen) atoms. The Balaban J connectivity index is 1.51. The summed E-state index contributed by atoms with van der Waals surface area (Å²) in [7, 11) is 2.21. The van der Waals surface area contributed by atoms with Gasteiger partial charge in [0.15, 0.2) is 0 Å². The Bertz CT molecular complexity index is 681. The van der Waals surface area contributed by atoms with E-state index in [2.05, 4.69) is 46.9 Å². The van der Waals surface area contributed by atoms with Crippen molar-refractivity contribution in [1.29, 1.82) is 0 Å². The number of hydrogen-bond donors (Lipinski definition) is 1. The molecule has 0 unspecified atom stereocenters. The quantitative estimate of drug-likeness (QED) is 0.658. The second-order valence-corrected chi connectivity index (χ2v) is 9.00. The average Bonchev–Trinajstić information content (AvgIpc) is 3.17. The van der Waals surface area contributed by atoms with Crippen LogP contribution in [-0.2, 0) is 17.1 Å². The van der Waals surface area contributed by atoms with Crippen LogP contribution in [0.5, 0.6) is 0 Å². The van der Waals surface area contributed by atoms with Crippen LogP contribution in [0.1, 0.15) is 42.5 Å². The number of carbonyl (C=O) groups is 1. The van der Waals surface area contributed by atoms with Crippen molar-refractivity contribution < 1.29 is 4.79 Å². The molecule has 3 nitrogen and oxygen atoms in total. The van der Waals surface area contributed by atoms with Crippen LogP contribution in [0.3, 0.4) is 0 Å². The highest BCUT2D eigenvalue weighted by Gasteiger charge is 2.19. The zero-order valence-electron chi connectivity index (χ0n) is 15.4. The SMILES string of the molecule is CN(Cc1ccccc1NC(=O)CSCc1cccs1)C1CCCCC1. The van der Waals surface area contributed by atoms with Crippen LogP contribution < -0.4 is 5.32 Å². The topological polar surface area (TPSA) is 32.3 Å². The van der Waals surface area contributed by atoms with Crippen LogP contribution >= 0.6 is 23.1 Å². The number of anilines is 1. The smallest absolute Gasteiger partial charge is 0.234 e. The summed E-state index contributed by atoms with van der Waals surface area (Å²) in [5, 5.41) is 5.19. The number of nitrogens with zero attached hydrogens (tertiary/aromatic N) is 1. The van der Waals surface area contributed by atoms with E-state index in [1.165, 1.54) is 42.5 Å². The minimum absolute atomic E-state index is 0.0827. The van der Waals surface area contributed by atoms with Crippen molar-refractivity contribution in [3.8, 4) is 0 Å². The zero-order valence-corrected chi connectivity index (χ0v) is 17.1. The third-order valence-corrected chi connectivity index (χ3v) is 7.01. The molecule has 1 aliphatic carbocycles. The Kier molecular flexibility index (Phi) is 7.59. The minimum atomic E-state index is 0.0827. The van der Waals surface area contributed by atoms with E-state index in [4.69, 9.17) is 0 Å². The zero-order chi connectivity index (χ0) is 18.2. The minimum Gasteiger partial charge on any atom is -0.325 e. The summed E-state index contributed by atoms with van der Waals surface area (Å²) < 4.78 is 0. The van der Waals surface area contributed by atoms with Gasteiger partial charge < -0.3 is 5.32 Å². The van der Waals surface area contributed by atoms with Gasteiger partial charge in [-0.15, -0.1) is 23.1 Å². The molecular weight excluding hydrogens is 360 g/mol. The van der Waals surface area contributed by atoms with Gasteiger partial charge in [-0.05, 0) is 43.0 Å². The molecule has 1 amide bonds. The van der Waals surface area contributed by atoms with Crippen molar-refractivity contribution in [2.24, 2.45) is 0 Å². The fourth-order valence-electron chi connectivity index (χ4n) is 3.53. The van der Waals surface area contributed by atoms with Crippen molar-refractivity contribution in [3.63, 3.8) is 0 Å². The largest absolute Gasteiger partial charge is 0.325 e. The van der Waals surface area contributed by atoms with Crippen molar-refractivity contribution in [3.05, 3.63) is 52.2 Å². The predicted octanol–water partition coefficient (Wildman–Crippen LogP) is 5.38. The van der Waals surface area contributed by atoms with Gasteiger partial charge in [-0.3, -0.25) is 9.69 Å². The molecule has 0 spiro atoms. The Labute approximate surface area is 165 Å². The van der Waals surface area contributed by atoms with Gasteiger partial charge in [0.25, 0.3) is 0 Å². The van der Waals surface area contributed by atoms with Crippen LogP contribution in [0.2, 0.25) is 0 Å². The molecule has 1 aromatic carbocycles. The first-order valence-corrected chi connectivity index (χ1v) is 11.4. The fraction of sp³-hybridized carbons (Fsp3) is 0.476. The molecule has 0 atom stereocenters. The second-order valence-electron chi connectivity index (χ2n) is 6.98. The number of hydrogen-bond acceptors (Lipinski definition) is 4. The normalized spacial score (nSPS) is 15.3. The Morgan fingerprint density at radius 1 is 1.19 bits per heavy atom. The summed E-state index contributed by atoms with van der Waals surface area (Å²) in [6.07, 6.45) is 6.65. The summed E-state index contributed by atoms with van der Waals surface area (Å²) >= 11 is 3.41. The van der Waals surface area contributed by atoms with E-state index >= 15 is 0 Å². The van der Waals surface area contributed by atoms with Gasteiger partial charge in [-0.1, -0.05) is 43.5 Å². The van der Waals surface area contributed by atoms with Gasteiger partial charge in [-0.2, -0.15) is 0 Å². The van der Waals surface area contributed by atoms with Crippen molar-refractivity contribution in [1.82, 2.24) is 4.90 Å². The number of rotatable bonds is 8. The lowest BCUT2D eigenvalue weighted by Crippen LogP contribution is -2.33. The summed E-state index contributed by atoms with van der Waals surface area (Å²) in [6, 6.07) is 13.1. The highest BCUT2D eigenvalue weighted by molar-refractivity contribution is 7.99. The number of carbonyl (C=O) groups excluding carboxylic acids is 1. The highest BCUT2D eigenvalue weighted by Crippen LogP contribution is 2.25. The maximum atomic E-state index is 12.3. The number of para-hydroxylation sites is 1. The van der Waals surface area contributed by atoms with Crippen LogP contribution in [0.25, 0.3) is 0 Å². The number of nitrogens with one attached hydrogen (secondary N) is 1.